The van der Waals surface area contributed by atoms with Crippen LogP contribution in [-0.2, 0) is 6.42 Å². The summed E-state index contributed by atoms with van der Waals surface area (Å²) in [7, 11) is 0. The average Bonchev–Trinajstić information content (AvgIpc) is 2.85. The van der Waals surface area contributed by atoms with Crippen LogP contribution in [0.25, 0.3) is 11.4 Å². The Morgan fingerprint density at radius 1 is 1.53 bits per heavy atom. The van der Waals surface area contributed by atoms with Gasteiger partial charge >= 0.3 is 0 Å². The summed E-state index contributed by atoms with van der Waals surface area (Å²) in [5.74, 6) is 1.11. The maximum absolute atomic E-state index is 5.79. The lowest BCUT2D eigenvalue weighted by atomic mass is 10.2. The molecule has 2 rings (SSSR count). The lowest BCUT2D eigenvalue weighted by Gasteiger charge is -2.02. The molecular weight excluding hydrogens is 194 g/mol. The molecule has 2 heterocycles. The lowest BCUT2D eigenvalue weighted by molar-refractivity contribution is 0.368. The molecule has 0 aliphatic heterocycles. The minimum Gasteiger partial charge on any atom is -0.472 e. The summed E-state index contributed by atoms with van der Waals surface area (Å²) in [4.78, 5) is 4.22. The van der Waals surface area contributed by atoms with Crippen LogP contribution >= 0.6 is 0 Å². The highest BCUT2D eigenvalue weighted by Crippen LogP contribution is 2.16. The Labute approximate surface area is 87.3 Å². The third-order valence-electron chi connectivity index (χ3n) is 2.21. The Bertz CT molecular complexity index is 408. The van der Waals surface area contributed by atoms with Crippen LogP contribution in [0.4, 0.5) is 0 Å². The van der Waals surface area contributed by atoms with E-state index in [-0.39, 0.29) is 6.04 Å². The van der Waals surface area contributed by atoms with Gasteiger partial charge in [0.05, 0.1) is 11.8 Å². The Kier molecular flexibility index (Phi) is 2.82. The van der Waals surface area contributed by atoms with Gasteiger partial charge in [0, 0.05) is 12.5 Å². The van der Waals surface area contributed by atoms with Crippen molar-refractivity contribution in [2.45, 2.75) is 25.8 Å². The van der Waals surface area contributed by atoms with Gasteiger partial charge in [-0.2, -0.15) is 4.98 Å². The maximum atomic E-state index is 5.79. The van der Waals surface area contributed by atoms with Crippen molar-refractivity contribution < 1.29 is 8.94 Å². The fourth-order valence-electron chi connectivity index (χ4n) is 1.22. The van der Waals surface area contributed by atoms with Gasteiger partial charge in [0.15, 0.2) is 0 Å². The van der Waals surface area contributed by atoms with Crippen LogP contribution in [0.1, 0.15) is 19.2 Å². The third-order valence-corrected chi connectivity index (χ3v) is 2.21. The highest BCUT2D eigenvalue weighted by Gasteiger charge is 2.11. The van der Waals surface area contributed by atoms with Crippen LogP contribution in [0.2, 0.25) is 0 Å². The molecule has 2 aromatic heterocycles. The molecule has 2 N–H and O–H groups in total. The second kappa shape index (κ2) is 4.27. The molecule has 0 radical (unpaired) electrons. The lowest BCUT2D eigenvalue weighted by Crippen LogP contribution is -2.21. The Morgan fingerprint density at radius 3 is 3.07 bits per heavy atom. The zero-order valence-electron chi connectivity index (χ0n) is 8.51. The van der Waals surface area contributed by atoms with Crippen LogP contribution in [-0.4, -0.2) is 16.2 Å². The summed E-state index contributed by atoms with van der Waals surface area (Å²) < 4.78 is 10.0. The highest BCUT2D eigenvalue weighted by molar-refractivity contribution is 5.51. The number of rotatable bonds is 4. The van der Waals surface area contributed by atoms with Crippen LogP contribution < -0.4 is 5.73 Å². The predicted molar refractivity (Wildman–Crippen MR) is 54.0 cm³/mol. The van der Waals surface area contributed by atoms with E-state index in [2.05, 4.69) is 10.1 Å². The fourth-order valence-corrected chi connectivity index (χ4v) is 1.22. The summed E-state index contributed by atoms with van der Waals surface area (Å²) in [6, 6.07) is 1.86. The Hall–Kier alpha value is -1.62. The van der Waals surface area contributed by atoms with Crippen molar-refractivity contribution in [2.75, 3.05) is 0 Å². The molecule has 2 aromatic rings. The van der Waals surface area contributed by atoms with E-state index in [1.54, 1.807) is 18.6 Å². The molecule has 1 unspecified atom stereocenters. The van der Waals surface area contributed by atoms with Crippen molar-refractivity contribution in [2.24, 2.45) is 5.73 Å². The molecule has 0 bridgehead atoms. The molecular formula is C10H13N3O2. The predicted octanol–water partition coefficient (Wildman–Crippen LogP) is 1.61. The molecule has 5 heteroatoms. The molecule has 5 nitrogen and oxygen atoms in total. The van der Waals surface area contributed by atoms with E-state index in [0.717, 1.165) is 12.0 Å². The Balaban J connectivity index is 2.11. The van der Waals surface area contributed by atoms with E-state index in [1.165, 1.54) is 0 Å². The second-order valence-corrected chi connectivity index (χ2v) is 3.40. The number of nitrogens with two attached hydrogens (primary N) is 1. The quantitative estimate of drug-likeness (QED) is 0.823. The molecule has 0 saturated carbocycles. The third kappa shape index (κ3) is 2.24. The van der Waals surface area contributed by atoms with Crippen LogP contribution in [0.5, 0.6) is 0 Å². The first kappa shape index (κ1) is 9.92. The maximum Gasteiger partial charge on any atom is 0.228 e. The summed E-state index contributed by atoms with van der Waals surface area (Å²) >= 11 is 0. The normalized spacial score (nSPS) is 12.9. The summed E-state index contributed by atoms with van der Waals surface area (Å²) in [6.07, 6.45) is 4.66. The average molecular weight is 207 g/mol. The Morgan fingerprint density at radius 2 is 2.40 bits per heavy atom. The SMILES string of the molecule is CCC(N)Cc1nc(-c2ccoc2)no1. The summed E-state index contributed by atoms with van der Waals surface area (Å²) in [6.45, 7) is 2.03. The summed E-state index contributed by atoms with van der Waals surface area (Å²) in [5, 5.41) is 3.84. The molecule has 15 heavy (non-hydrogen) atoms. The van der Waals surface area contributed by atoms with E-state index in [1.807, 2.05) is 6.92 Å². The molecule has 80 valence electrons. The van der Waals surface area contributed by atoms with Gasteiger partial charge in [0.1, 0.15) is 6.26 Å². The fraction of sp³-hybridized carbons (Fsp3) is 0.400. The minimum absolute atomic E-state index is 0.0719. The zero-order valence-corrected chi connectivity index (χ0v) is 8.51. The monoisotopic (exact) mass is 207 g/mol. The van der Waals surface area contributed by atoms with Crippen LogP contribution in [0.3, 0.4) is 0 Å². The minimum atomic E-state index is 0.0719. The molecule has 1 atom stereocenters. The molecule has 0 aromatic carbocycles. The molecule has 0 amide bonds. The van der Waals surface area contributed by atoms with Crippen molar-refractivity contribution in [3.05, 3.63) is 24.5 Å². The second-order valence-electron chi connectivity index (χ2n) is 3.40. The first-order chi connectivity index (χ1) is 7.29. The highest BCUT2D eigenvalue weighted by atomic mass is 16.5. The standard InChI is InChI=1S/C10H13N3O2/c1-2-8(11)5-9-12-10(13-15-9)7-3-4-14-6-7/h3-4,6,8H,2,5,11H2,1H3. The van der Waals surface area contributed by atoms with Crippen molar-refractivity contribution in [1.82, 2.24) is 10.1 Å². The van der Waals surface area contributed by atoms with Gasteiger partial charge in [-0.1, -0.05) is 12.1 Å². The number of furan rings is 1. The van der Waals surface area contributed by atoms with E-state index < -0.39 is 0 Å². The van der Waals surface area contributed by atoms with Gasteiger partial charge in [0.2, 0.25) is 11.7 Å². The molecule has 0 saturated heterocycles. The molecule has 0 aliphatic carbocycles. The van der Waals surface area contributed by atoms with Crippen molar-refractivity contribution in [3.8, 4) is 11.4 Å². The van der Waals surface area contributed by atoms with Gasteiger partial charge in [0.25, 0.3) is 0 Å². The summed E-state index contributed by atoms with van der Waals surface area (Å²) in [5.41, 5.74) is 6.60. The largest absolute Gasteiger partial charge is 0.472 e. The first-order valence-corrected chi connectivity index (χ1v) is 4.90. The molecule has 0 fully saturated rings. The first-order valence-electron chi connectivity index (χ1n) is 4.90. The smallest absolute Gasteiger partial charge is 0.228 e. The topological polar surface area (TPSA) is 78.1 Å². The van der Waals surface area contributed by atoms with E-state index in [0.29, 0.717) is 18.1 Å². The van der Waals surface area contributed by atoms with E-state index >= 15 is 0 Å². The zero-order chi connectivity index (χ0) is 10.7. The molecule has 0 aliphatic rings. The number of nitrogens with zero attached hydrogens (tertiary/aromatic N) is 2. The van der Waals surface area contributed by atoms with Gasteiger partial charge in [-0.25, -0.2) is 0 Å². The van der Waals surface area contributed by atoms with Crippen LogP contribution in [0.15, 0.2) is 27.5 Å². The number of hydrogen-bond acceptors (Lipinski definition) is 5. The van der Waals surface area contributed by atoms with Crippen molar-refractivity contribution >= 4 is 0 Å². The van der Waals surface area contributed by atoms with Crippen molar-refractivity contribution in [3.63, 3.8) is 0 Å². The van der Waals surface area contributed by atoms with Gasteiger partial charge < -0.3 is 14.7 Å². The van der Waals surface area contributed by atoms with Gasteiger partial charge in [-0.3, -0.25) is 0 Å². The van der Waals surface area contributed by atoms with E-state index in [9.17, 15) is 0 Å². The number of hydrogen-bond donors (Lipinski definition) is 1. The van der Waals surface area contributed by atoms with Gasteiger partial charge in [-0.05, 0) is 12.5 Å². The van der Waals surface area contributed by atoms with Crippen LogP contribution in [0, 0.1) is 0 Å². The van der Waals surface area contributed by atoms with E-state index in [4.69, 9.17) is 14.7 Å². The van der Waals surface area contributed by atoms with Crippen molar-refractivity contribution in [1.29, 1.82) is 0 Å². The van der Waals surface area contributed by atoms with Gasteiger partial charge in [-0.15, -0.1) is 0 Å². The number of aromatic nitrogens is 2. The molecule has 0 spiro atoms.